The van der Waals surface area contributed by atoms with Gasteiger partial charge in [0, 0.05) is 17.4 Å². The molecule has 8 nitrogen and oxygen atoms in total. The Balaban J connectivity index is 1.10. The number of nitrogens with zero attached hydrogens (tertiary/aromatic N) is 4. The van der Waals surface area contributed by atoms with Crippen LogP contribution < -0.4 is 9.47 Å². The number of fused-ring (bicyclic) bond motifs is 1. The van der Waals surface area contributed by atoms with Crippen LogP contribution in [-0.2, 0) is 4.79 Å². The number of aromatic nitrogens is 2. The highest BCUT2D eigenvalue weighted by Crippen LogP contribution is 2.45. The molecule has 1 saturated carbocycles. The van der Waals surface area contributed by atoms with Crippen LogP contribution in [0.4, 0.5) is 8.78 Å². The number of nitrogens with one attached hydrogen (secondary N) is 1. The van der Waals surface area contributed by atoms with Crippen molar-refractivity contribution in [2.24, 2.45) is 11.0 Å². The lowest BCUT2D eigenvalue weighted by molar-refractivity contribution is -0.139. The molecule has 1 aliphatic carbocycles. The third-order valence-electron chi connectivity index (χ3n) is 10.3. The first-order chi connectivity index (χ1) is 23.8. The van der Waals surface area contributed by atoms with Crippen LogP contribution in [0.3, 0.4) is 0 Å². The SMILES string of the molecule is COc1ccc(/C=C2\CCCC3C2=NN(C(=O)C(C)N2CCC(c4ncc(-c5ccc(F)c(F)c5)[nH]4)CC2)C3c2ccc(OC)cc2)cc1. The molecule has 0 bridgehead atoms. The van der Waals surface area contributed by atoms with Gasteiger partial charge in [-0.2, -0.15) is 5.10 Å². The van der Waals surface area contributed by atoms with Crippen LogP contribution in [0.15, 0.2) is 83.6 Å². The number of carbonyl (C=O) groups excluding carboxylic acids is 1. The van der Waals surface area contributed by atoms with E-state index in [1.54, 1.807) is 31.5 Å². The number of likely N-dealkylation sites (tertiary alicyclic amines) is 1. The first-order valence-corrected chi connectivity index (χ1v) is 17.0. The van der Waals surface area contributed by atoms with Crippen LogP contribution in [0.2, 0.25) is 0 Å². The zero-order valence-corrected chi connectivity index (χ0v) is 28.0. The lowest BCUT2D eigenvalue weighted by Crippen LogP contribution is -2.48. The molecule has 254 valence electrons. The molecule has 3 unspecified atom stereocenters. The Hall–Kier alpha value is -4.83. The highest BCUT2D eigenvalue weighted by Gasteiger charge is 2.45. The van der Waals surface area contributed by atoms with Gasteiger partial charge in [0.2, 0.25) is 0 Å². The Kier molecular flexibility index (Phi) is 9.31. The number of piperidine rings is 1. The average molecular weight is 666 g/mol. The Morgan fingerprint density at radius 3 is 2.31 bits per heavy atom. The molecule has 3 heterocycles. The van der Waals surface area contributed by atoms with E-state index in [1.165, 1.54) is 11.6 Å². The smallest absolute Gasteiger partial charge is 0.260 e. The zero-order chi connectivity index (χ0) is 34.1. The number of hydrazone groups is 1. The van der Waals surface area contributed by atoms with Gasteiger partial charge in [-0.15, -0.1) is 0 Å². The predicted molar refractivity (Wildman–Crippen MR) is 185 cm³/mol. The van der Waals surface area contributed by atoms with Crippen molar-refractivity contribution < 1.29 is 23.0 Å². The standard InChI is InChI=1S/C39H41F2N5O3/c1-24(45-19-17-27(18-20-45)38-42-23-35(43-38)28-11-16-33(40)34(41)22-28)39(47)46-37(26-9-14-31(49-3)15-10-26)32-6-4-5-29(36(32)44-46)21-25-7-12-30(48-2)13-8-25/h7-16,21-24,27,32,37H,4-6,17-20H2,1-3H3,(H,42,43)/b29-21+. The minimum atomic E-state index is -0.887. The van der Waals surface area contributed by atoms with Gasteiger partial charge in [0.05, 0.1) is 43.9 Å². The molecule has 10 heteroatoms. The second kappa shape index (κ2) is 14.0. The van der Waals surface area contributed by atoms with E-state index in [1.807, 2.05) is 43.3 Å². The van der Waals surface area contributed by atoms with E-state index < -0.39 is 11.6 Å². The highest BCUT2D eigenvalue weighted by atomic mass is 19.2. The van der Waals surface area contributed by atoms with Crippen molar-refractivity contribution >= 4 is 17.7 Å². The number of amides is 1. The summed E-state index contributed by atoms with van der Waals surface area (Å²) in [5.74, 6) is 0.899. The molecule has 2 aliphatic heterocycles. The van der Waals surface area contributed by atoms with Crippen LogP contribution in [0.25, 0.3) is 17.3 Å². The highest BCUT2D eigenvalue weighted by molar-refractivity contribution is 6.08. The summed E-state index contributed by atoms with van der Waals surface area (Å²) in [6, 6.07) is 19.3. The molecule has 7 rings (SSSR count). The number of aromatic amines is 1. The van der Waals surface area contributed by atoms with E-state index in [2.05, 4.69) is 33.1 Å². The fourth-order valence-corrected chi connectivity index (χ4v) is 7.48. The van der Waals surface area contributed by atoms with Crippen LogP contribution in [0.1, 0.15) is 67.9 Å². The van der Waals surface area contributed by atoms with Crippen molar-refractivity contribution in [3.05, 3.63) is 107 Å². The van der Waals surface area contributed by atoms with E-state index >= 15 is 0 Å². The molecule has 49 heavy (non-hydrogen) atoms. The first kappa shape index (κ1) is 32.7. The van der Waals surface area contributed by atoms with Gasteiger partial charge in [-0.1, -0.05) is 24.3 Å². The molecule has 0 spiro atoms. The van der Waals surface area contributed by atoms with Gasteiger partial charge in [-0.05, 0) is 117 Å². The normalized spacial score (nSPS) is 21.4. The summed E-state index contributed by atoms with van der Waals surface area (Å²) in [7, 11) is 3.32. The van der Waals surface area contributed by atoms with Crippen molar-refractivity contribution in [1.29, 1.82) is 0 Å². The largest absolute Gasteiger partial charge is 0.497 e. The molecule has 1 amide bonds. The average Bonchev–Trinajstić information content (AvgIpc) is 3.79. The second-order valence-corrected chi connectivity index (χ2v) is 13.1. The maximum absolute atomic E-state index is 14.4. The summed E-state index contributed by atoms with van der Waals surface area (Å²) in [4.78, 5) is 24.6. The molecule has 3 aromatic carbocycles. The maximum atomic E-state index is 14.4. The number of H-pyrrole nitrogens is 1. The molecule has 1 aromatic heterocycles. The van der Waals surface area contributed by atoms with E-state index in [0.717, 1.165) is 85.4 Å². The summed E-state index contributed by atoms with van der Waals surface area (Å²) >= 11 is 0. The Labute approximate surface area is 285 Å². The molecule has 3 aliphatic rings. The summed E-state index contributed by atoms with van der Waals surface area (Å²) < 4.78 is 38.1. The third-order valence-corrected chi connectivity index (χ3v) is 10.3. The number of imidazole rings is 1. The van der Waals surface area contributed by atoms with E-state index in [4.69, 9.17) is 14.6 Å². The summed E-state index contributed by atoms with van der Waals surface area (Å²) in [6.07, 6.45) is 8.38. The quantitative estimate of drug-likeness (QED) is 0.208. The molecule has 3 atom stereocenters. The van der Waals surface area contributed by atoms with Crippen LogP contribution >= 0.6 is 0 Å². The van der Waals surface area contributed by atoms with Gasteiger partial charge in [0.1, 0.15) is 17.3 Å². The number of ether oxygens (including phenoxy) is 2. The Morgan fingerprint density at radius 1 is 0.939 bits per heavy atom. The lowest BCUT2D eigenvalue weighted by Gasteiger charge is -2.37. The van der Waals surface area contributed by atoms with Crippen molar-refractivity contribution in [2.75, 3.05) is 27.3 Å². The van der Waals surface area contributed by atoms with Crippen LogP contribution in [0, 0.1) is 17.6 Å². The van der Waals surface area contributed by atoms with Gasteiger partial charge >= 0.3 is 0 Å². The molecule has 1 N–H and O–H groups in total. The van der Waals surface area contributed by atoms with Gasteiger partial charge < -0.3 is 14.5 Å². The van der Waals surface area contributed by atoms with E-state index in [9.17, 15) is 13.6 Å². The number of halogens is 2. The molecular weight excluding hydrogens is 624 g/mol. The minimum absolute atomic E-state index is 0.0106. The number of hydrogen-bond donors (Lipinski definition) is 1. The van der Waals surface area contributed by atoms with E-state index in [0.29, 0.717) is 11.3 Å². The summed E-state index contributed by atoms with van der Waals surface area (Å²) in [6.45, 7) is 3.43. The summed E-state index contributed by atoms with van der Waals surface area (Å²) in [5, 5.41) is 6.88. The monoisotopic (exact) mass is 665 g/mol. The fraction of sp³-hybridized carbons (Fsp3) is 0.359. The number of allylic oxidation sites excluding steroid dienone is 1. The van der Waals surface area contributed by atoms with Gasteiger partial charge in [0.25, 0.3) is 5.91 Å². The van der Waals surface area contributed by atoms with Gasteiger partial charge in [-0.3, -0.25) is 9.69 Å². The van der Waals surface area contributed by atoms with Gasteiger partial charge in [0.15, 0.2) is 11.6 Å². The Bertz CT molecular complexity index is 1860. The lowest BCUT2D eigenvalue weighted by atomic mass is 9.77. The maximum Gasteiger partial charge on any atom is 0.260 e. The van der Waals surface area contributed by atoms with Crippen LogP contribution in [-0.4, -0.2) is 64.8 Å². The number of carbonyl (C=O) groups is 1. The topological polar surface area (TPSA) is 83.0 Å². The molecule has 2 fully saturated rings. The van der Waals surface area contributed by atoms with Crippen molar-refractivity contribution in [3.63, 3.8) is 0 Å². The molecule has 0 radical (unpaired) electrons. The van der Waals surface area contributed by atoms with Crippen molar-refractivity contribution in [2.45, 2.75) is 57.0 Å². The van der Waals surface area contributed by atoms with Gasteiger partial charge in [-0.25, -0.2) is 18.8 Å². The van der Waals surface area contributed by atoms with Crippen molar-refractivity contribution in [3.8, 4) is 22.8 Å². The molecule has 1 saturated heterocycles. The van der Waals surface area contributed by atoms with Crippen molar-refractivity contribution in [1.82, 2.24) is 19.9 Å². The molecule has 4 aromatic rings. The number of benzene rings is 3. The minimum Gasteiger partial charge on any atom is -0.497 e. The number of rotatable bonds is 8. The van der Waals surface area contributed by atoms with Crippen LogP contribution in [0.5, 0.6) is 11.5 Å². The number of hydrogen-bond acceptors (Lipinski definition) is 6. The summed E-state index contributed by atoms with van der Waals surface area (Å²) in [5.41, 5.74) is 5.50. The first-order valence-electron chi connectivity index (χ1n) is 17.0. The predicted octanol–water partition coefficient (Wildman–Crippen LogP) is 7.76. The zero-order valence-electron chi connectivity index (χ0n) is 28.0. The molecular formula is C39H41F2N5O3. The Morgan fingerprint density at radius 2 is 1.63 bits per heavy atom. The third kappa shape index (κ3) is 6.62. The number of methoxy groups -OCH3 is 2. The fourth-order valence-electron chi connectivity index (χ4n) is 7.48. The second-order valence-electron chi connectivity index (χ2n) is 13.1. The van der Waals surface area contributed by atoms with E-state index in [-0.39, 0.29) is 29.8 Å².